The van der Waals surface area contributed by atoms with Crippen molar-refractivity contribution in [2.75, 3.05) is 0 Å². The maximum absolute atomic E-state index is 10.5. The van der Waals surface area contributed by atoms with Gasteiger partial charge in [-0.2, -0.15) is 8.42 Å². The minimum absolute atomic E-state index is 0.0666. The van der Waals surface area contributed by atoms with Crippen molar-refractivity contribution in [3.05, 3.63) is 59.7 Å². The van der Waals surface area contributed by atoms with Gasteiger partial charge in [-0.25, -0.2) is 0 Å². The largest absolute Gasteiger partial charge is 0.508 e. The van der Waals surface area contributed by atoms with E-state index in [1.54, 1.807) is 24.3 Å². The summed E-state index contributed by atoms with van der Waals surface area (Å²) in [5.41, 5.74) is 2.04. The number of hydrogen-bond acceptors (Lipinski definition) is 3. The van der Waals surface area contributed by atoms with Gasteiger partial charge in [-0.1, -0.05) is 29.8 Å². The molecule has 2 N–H and O–H groups in total. The molecule has 0 unspecified atom stereocenters. The topological polar surface area (TPSA) is 74.6 Å². The summed E-state index contributed by atoms with van der Waals surface area (Å²) >= 11 is 0. The van der Waals surface area contributed by atoms with Gasteiger partial charge >= 0.3 is 0 Å². The summed E-state index contributed by atoms with van der Waals surface area (Å²) in [6.45, 7) is 3.79. The normalized spacial score (nSPS) is 10.5. The molecule has 102 valence electrons. The van der Waals surface area contributed by atoms with Crippen molar-refractivity contribution in [1.82, 2.24) is 0 Å². The summed E-state index contributed by atoms with van der Waals surface area (Å²) in [6.07, 6.45) is 0. The molecule has 0 aromatic heterocycles. The second-order valence-electron chi connectivity index (χ2n) is 4.13. The molecule has 4 nitrogen and oxygen atoms in total. The second kappa shape index (κ2) is 6.36. The number of benzene rings is 2. The third-order valence-corrected chi connectivity index (χ3v) is 3.19. The monoisotopic (exact) mass is 280 g/mol. The van der Waals surface area contributed by atoms with E-state index in [1.165, 1.54) is 12.1 Å². The maximum Gasteiger partial charge on any atom is 0.294 e. The van der Waals surface area contributed by atoms with E-state index >= 15 is 0 Å². The summed E-state index contributed by atoms with van der Waals surface area (Å²) in [7, 11) is -4.02. The molecule has 0 amide bonds. The lowest BCUT2D eigenvalue weighted by Gasteiger charge is -1.95. The Hall–Kier alpha value is -1.85. The Morgan fingerprint density at radius 2 is 1.47 bits per heavy atom. The second-order valence-corrected chi connectivity index (χ2v) is 5.55. The first-order chi connectivity index (χ1) is 8.79. The minimum atomic E-state index is -4.02. The zero-order valence-corrected chi connectivity index (χ0v) is 11.6. The van der Waals surface area contributed by atoms with Gasteiger partial charge in [0.2, 0.25) is 0 Å². The van der Waals surface area contributed by atoms with Crippen LogP contribution in [0.1, 0.15) is 11.1 Å². The van der Waals surface area contributed by atoms with Crippen molar-refractivity contribution in [3.8, 4) is 5.75 Å². The van der Waals surface area contributed by atoms with Crippen molar-refractivity contribution < 1.29 is 18.1 Å². The number of aromatic hydroxyl groups is 1. The molecular formula is C14H16O4S. The lowest BCUT2D eigenvalue weighted by Crippen LogP contribution is -1.96. The Bertz CT molecular complexity index is 614. The molecule has 0 aliphatic carbocycles. The zero-order chi connectivity index (χ0) is 14.5. The highest BCUT2D eigenvalue weighted by molar-refractivity contribution is 7.85. The van der Waals surface area contributed by atoms with Gasteiger partial charge in [0.25, 0.3) is 10.1 Å². The molecule has 0 aliphatic rings. The molecule has 0 heterocycles. The van der Waals surface area contributed by atoms with E-state index in [-0.39, 0.29) is 4.90 Å². The van der Waals surface area contributed by atoms with Crippen LogP contribution in [0, 0.1) is 13.8 Å². The Labute approximate surface area is 113 Å². The summed E-state index contributed by atoms with van der Waals surface area (Å²) in [5.74, 6) is 0.338. The number of hydrogen-bond donors (Lipinski definition) is 2. The number of aryl methyl sites for hydroxylation is 2. The fraction of sp³-hybridized carbons (Fsp3) is 0.143. The molecular weight excluding hydrogens is 264 g/mol. The lowest BCUT2D eigenvalue weighted by atomic mass is 10.2. The van der Waals surface area contributed by atoms with Crippen LogP contribution < -0.4 is 0 Å². The Kier molecular flexibility index (Phi) is 5.09. The Balaban J connectivity index is 0.000000200. The minimum Gasteiger partial charge on any atom is -0.508 e. The van der Waals surface area contributed by atoms with E-state index in [0.717, 1.165) is 11.1 Å². The van der Waals surface area contributed by atoms with E-state index in [4.69, 9.17) is 9.66 Å². The van der Waals surface area contributed by atoms with E-state index in [2.05, 4.69) is 0 Å². The molecule has 2 aromatic carbocycles. The molecule has 0 bridgehead atoms. The van der Waals surface area contributed by atoms with E-state index < -0.39 is 10.1 Å². The molecule has 2 rings (SSSR count). The average Bonchev–Trinajstić information content (AvgIpc) is 2.28. The standard InChI is InChI=1S/C7H8O3S.C7H8O/c1-6-2-4-7(5-3-6)11(8,9)10;1-6-3-2-4-7(8)5-6/h2-5H,1H3,(H,8,9,10);2-5,8H,1H3. The van der Waals surface area contributed by atoms with Crippen LogP contribution in [0.5, 0.6) is 5.75 Å². The highest BCUT2D eigenvalue weighted by Crippen LogP contribution is 2.09. The fourth-order valence-corrected chi connectivity index (χ4v) is 1.82. The van der Waals surface area contributed by atoms with Gasteiger partial charge in [-0.3, -0.25) is 4.55 Å². The van der Waals surface area contributed by atoms with Crippen molar-refractivity contribution in [1.29, 1.82) is 0 Å². The summed E-state index contributed by atoms with van der Waals surface area (Å²) < 4.78 is 29.6. The van der Waals surface area contributed by atoms with Crippen molar-refractivity contribution in [2.24, 2.45) is 0 Å². The van der Waals surface area contributed by atoms with Crippen LogP contribution in [-0.4, -0.2) is 18.1 Å². The summed E-state index contributed by atoms with van der Waals surface area (Å²) in [6, 6.07) is 13.1. The summed E-state index contributed by atoms with van der Waals surface area (Å²) in [5, 5.41) is 8.81. The third-order valence-electron chi connectivity index (χ3n) is 2.32. The first-order valence-corrected chi connectivity index (χ1v) is 7.03. The van der Waals surface area contributed by atoms with Gasteiger partial charge in [0, 0.05) is 0 Å². The molecule has 5 heteroatoms. The number of phenolic OH excluding ortho intramolecular Hbond substituents is 1. The van der Waals surface area contributed by atoms with Crippen LogP contribution in [0.25, 0.3) is 0 Å². The van der Waals surface area contributed by atoms with E-state index in [9.17, 15) is 8.42 Å². The predicted molar refractivity (Wildman–Crippen MR) is 73.8 cm³/mol. The van der Waals surface area contributed by atoms with Gasteiger partial charge in [-0.05, 0) is 43.7 Å². The van der Waals surface area contributed by atoms with E-state index in [0.29, 0.717) is 5.75 Å². The van der Waals surface area contributed by atoms with Crippen molar-refractivity contribution in [2.45, 2.75) is 18.7 Å². The third kappa shape index (κ3) is 5.54. The van der Waals surface area contributed by atoms with Crippen LogP contribution in [0.15, 0.2) is 53.4 Å². The van der Waals surface area contributed by atoms with Gasteiger partial charge in [0.15, 0.2) is 0 Å². The van der Waals surface area contributed by atoms with Gasteiger partial charge < -0.3 is 5.11 Å². The van der Waals surface area contributed by atoms with Crippen LogP contribution >= 0.6 is 0 Å². The molecule has 0 saturated carbocycles. The highest BCUT2D eigenvalue weighted by atomic mass is 32.2. The maximum atomic E-state index is 10.5. The fourth-order valence-electron chi connectivity index (χ4n) is 1.34. The average molecular weight is 280 g/mol. The zero-order valence-electron chi connectivity index (χ0n) is 10.7. The first-order valence-electron chi connectivity index (χ1n) is 5.59. The molecule has 0 saturated heterocycles. The van der Waals surface area contributed by atoms with Crippen LogP contribution in [0.2, 0.25) is 0 Å². The van der Waals surface area contributed by atoms with E-state index in [1.807, 2.05) is 26.0 Å². The molecule has 0 aliphatic heterocycles. The summed E-state index contributed by atoms with van der Waals surface area (Å²) in [4.78, 5) is -0.0666. The van der Waals surface area contributed by atoms with Crippen molar-refractivity contribution in [3.63, 3.8) is 0 Å². The highest BCUT2D eigenvalue weighted by Gasteiger charge is 2.06. The molecule has 0 atom stereocenters. The number of rotatable bonds is 1. The van der Waals surface area contributed by atoms with Gasteiger partial charge in [0.1, 0.15) is 5.75 Å². The quantitative estimate of drug-likeness (QED) is 0.788. The van der Waals surface area contributed by atoms with Gasteiger partial charge in [0.05, 0.1) is 4.90 Å². The molecule has 0 fully saturated rings. The Morgan fingerprint density at radius 1 is 0.895 bits per heavy atom. The molecule has 19 heavy (non-hydrogen) atoms. The van der Waals surface area contributed by atoms with Crippen molar-refractivity contribution >= 4 is 10.1 Å². The molecule has 0 radical (unpaired) electrons. The SMILES string of the molecule is Cc1ccc(S(=O)(=O)O)cc1.Cc1cccc(O)c1. The van der Waals surface area contributed by atoms with Crippen LogP contribution in [0.3, 0.4) is 0 Å². The molecule has 0 spiro atoms. The number of phenols is 1. The van der Waals surface area contributed by atoms with Crippen LogP contribution in [0.4, 0.5) is 0 Å². The van der Waals surface area contributed by atoms with Gasteiger partial charge in [-0.15, -0.1) is 0 Å². The van der Waals surface area contributed by atoms with Crippen LogP contribution in [-0.2, 0) is 10.1 Å². The molecule has 2 aromatic rings. The lowest BCUT2D eigenvalue weighted by molar-refractivity contribution is 0.474. The first kappa shape index (κ1) is 15.2. The Morgan fingerprint density at radius 3 is 1.84 bits per heavy atom. The predicted octanol–water partition coefficient (Wildman–Crippen LogP) is 2.94. The smallest absolute Gasteiger partial charge is 0.294 e.